The van der Waals surface area contributed by atoms with Crippen LogP contribution in [0.2, 0.25) is 0 Å². The summed E-state index contributed by atoms with van der Waals surface area (Å²) < 4.78 is 0. The molecule has 300 valence electrons. The Morgan fingerprint density at radius 1 is 0.830 bits per heavy atom. The van der Waals surface area contributed by atoms with Crippen molar-refractivity contribution in [2.24, 2.45) is 28.1 Å². The van der Waals surface area contributed by atoms with E-state index in [1.807, 2.05) is 27.7 Å². The third kappa shape index (κ3) is 19.2. The Morgan fingerprint density at radius 2 is 1.47 bits per heavy atom. The van der Waals surface area contributed by atoms with Gasteiger partial charge >= 0.3 is 0 Å². The highest BCUT2D eigenvalue weighted by atomic mass is 32.2. The maximum Gasteiger partial charge on any atom is 0.246 e. The first kappa shape index (κ1) is 46.4. The summed E-state index contributed by atoms with van der Waals surface area (Å²) >= 11 is 1.31. The number of rotatable bonds is 25. The lowest BCUT2D eigenvalue weighted by atomic mass is 10.1. The number of carbonyl (C=O) groups excluding carboxylic acids is 8. The van der Waals surface area contributed by atoms with E-state index in [4.69, 9.17) is 17.2 Å². The first-order chi connectivity index (χ1) is 25.1. The van der Waals surface area contributed by atoms with Crippen LogP contribution in [0.25, 0.3) is 0 Å². The Balaban J connectivity index is 2.99. The molecule has 1 fully saturated rings. The van der Waals surface area contributed by atoms with E-state index in [-0.39, 0.29) is 81.4 Å². The lowest BCUT2D eigenvalue weighted by Gasteiger charge is -2.31. The maximum atomic E-state index is 14.0. The Labute approximate surface area is 315 Å². The third-order valence-corrected chi connectivity index (χ3v) is 9.18. The van der Waals surface area contributed by atoms with Crippen molar-refractivity contribution in [3.63, 3.8) is 0 Å². The standard InChI is InChI=1S/C33H59N11O8S/c1-5-43(6-2)31(51)22(10-7-13-37-33(35)36)42-30(50)24-11-8-14-44(24)32(52)23(41-29(49)19-40-27(47)16-21(3)4)20-53-15-9-12-26(46)39-18-28(48)38-17-25(34)45/h21-24H,5-20H2,1-4H3,(H2,34,45)(H,38,48)(H,39,46)(H,40,47)(H,41,49)(H,42,50)(H4,35,36,37)/t22-,23+,24?/m1/s1. The molecule has 0 aliphatic carbocycles. The topological polar surface area (TPSA) is 294 Å². The van der Waals surface area contributed by atoms with Gasteiger partial charge in [-0.2, -0.15) is 11.8 Å². The Hall–Kier alpha value is -4.62. The van der Waals surface area contributed by atoms with E-state index in [9.17, 15) is 38.4 Å². The van der Waals surface area contributed by atoms with E-state index in [2.05, 4.69) is 31.6 Å². The van der Waals surface area contributed by atoms with Crippen LogP contribution >= 0.6 is 11.8 Å². The van der Waals surface area contributed by atoms with Gasteiger partial charge < -0.3 is 53.6 Å². The normalized spacial score (nSPS) is 14.7. The van der Waals surface area contributed by atoms with Gasteiger partial charge in [0.2, 0.25) is 47.3 Å². The molecule has 1 unspecified atom stereocenters. The second-order valence-electron chi connectivity index (χ2n) is 12.9. The van der Waals surface area contributed by atoms with E-state index in [0.717, 1.165) is 0 Å². The number of nitrogens with two attached hydrogens (primary N) is 3. The predicted molar refractivity (Wildman–Crippen MR) is 201 cm³/mol. The molecule has 3 atom stereocenters. The molecule has 1 aliphatic rings. The molecule has 1 aliphatic heterocycles. The zero-order valence-corrected chi connectivity index (χ0v) is 32.2. The molecule has 8 amide bonds. The van der Waals surface area contributed by atoms with Crippen LogP contribution in [0.1, 0.15) is 72.6 Å². The number of aliphatic imine (C=N–C) groups is 1. The molecule has 0 aromatic rings. The van der Waals surface area contributed by atoms with Crippen molar-refractivity contribution in [3.05, 3.63) is 0 Å². The molecule has 0 bridgehead atoms. The number of thioether (sulfide) groups is 1. The summed E-state index contributed by atoms with van der Waals surface area (Å²) in [6.45, 7) is 7.84. The lowest BCUT2D eigenvalue weighted by Crippen LogP contribution is -2.57. The Morgan fingerprint density at radius 3 is 2.09 bits per heavy atom. The molecular weight excluding hydrogens is 710 g/mol. The number of likely N-dealkylation sites (tertiary alicyclic amines) is 1. The zero-order chi connectivity index (χ0) is 39.9. The van der Waals surface area contributed by atoms with Crippen LogP contribution in [-0.4, -0.2) is 138 Å². The van der Waals surface area contributed by atoms with Gasteiger partial charge in [0.25, 0.3) is 0 Å². The van der Waals surface area contributed by atoms with E-state index >= 15 is 0 Å². The van der Waals surface area contributed by atoms with Crippen molar-refractivity contribution in [1.82, 2.24) is 36.4 Å². The van der Waals surface area contributed by atoms with Crippen molar-refractivity contribution in [2.45, 2.75) is 90.8 Å². The number of hydrogen-bond acceptors (Lipinski definition) is 10. The molecule has 0 spiro atoms. The summed E-state index contributed by atoms with van der Waals surface area (Å²) in [6, 6.07) is -2.80. The van der Waals surface area contributed by atoms with Crippen LogP contribution in [0.5, 0.6) is 0 Å². The van der Waals surface area contributed by atoms with Crippen LogP contribution in [0, 0.1) is 5.92 Å². The van der Waals surface area contributed by atoms with Gasteiger partial charge in [-0.05, 0) is 57.6 Å². The molecule has 0 radical (unpaired) electrons. The minimum absolute atomic E-state index is 0.0790. The van der Waals surface area contributed by atoms with Gasteiger partial charge in [0.1, 0.15) is 18.1 Å². The molecule has 1 heterocycles. The first-order valence-corrected chi connectivity index (χ1v) is 19.1. The van der Waals surface area contributed by atoms with Crippen molar-refractivity contribution in [2.75, 3.05) is 57.3 Å². The second-order valence-corrected chi connectivity index (χ2v) is 14.1. The predicted octanol–water partition coefficient (Wildman–Crippen LogP) is -2.74. The number of nitrogens with one attached hydrogen (secondary N) is 5. The van der Waals surface area contributed by atoms with Crippen molar-refractivity contribution < 1.29 is 38.4 Å². The summed E-state index contributed by atoms with van der Waals surface area (Å²) in [7, 11) is 0. The summed E-state index contributed by atoms with van der Waals surface area (Å²) in [4.78, 5) is 108. The maximum absolute atomic E-state index is 14.0. The molecule has 1 rings (SSSR count). The summed E-state index contributed by atoms with van der Waals surface area (Å²) in [6.07, 6.45) is 2.28. The van der Waals surface area contributed by atoms with Crippen molar-refractivity contribution in [1.29, 1.82) is 0 Å². The number of nitrogens with zero attached hydrogens (tertiary/aromatic N) is 3. The second kappa shape index (κ2) is 25.4. The molecule has 19 nitrogen and oxygen atoms in total. The van der Waals surface area contributed by atoms with Gasteiger partial charge in [-0.15, -0.1) is 0 Å². The van der Waals surface area contributed by atoms with Crippen LogP contribution in [0.3, 0.4) is 0 Å². The van der Waals surface area contributed by atoms with Gasteiger partial charge in [-0.1, -0.05) is 13.8 Å². The van der Waals surface area contributed by atoms with E-state index in [1.54, 1.807) is 4.90 Å². The van der Waals surface area contributed by atoms with Gasteiger partial charge in [-0.3, -0.25) is 43.3 Å². The fourth-order valence-corrected chi connectivity index (χ4v) is 6.36. The number of guanidine groups is 1. The van der Waals surface area contributed by atoms with Crippen LogP contribution < -0.4 is 43.8 Å². The fourth-order valence-electron chi connectivity index (χ4n) is 5.38. The average molecular weight is 770 g/mol. The summed E-state index contributed by atoms with van der Waals surface area (Å²) in [5, 5.41) is 12.8. The number of hydrogen-bond donors (Lipinski definition) is 8. The van der Waals surface area contributed by atoms with Crippen molar-refractivity contribution >= 4 is 65.0 Å². The molecule has 11 N–H and O–H groups in total. The minimum Gasteiger partial charge on any atom is -0.370 e. The first-order valence-electron chi connectivity index (χ1n) is 18.0. The Bertz CT molecular complexity index is 1290. The molecule has 0 saturated carbocycles. The molecule has 53 heavy (non-hydrogen) atoms. The van der Waals surface area contributed by atoms with Crippen LogP contribution in [-0.2, 0) is 38.4 Å². The molecular formula is C33H59N11O8S. The van der Waals surface area contributed by atoms with Crippen molar-refractivity contribution in [3.8, 4) is 0 Å². The van der Waals surface area contributed by atoms with Gasteiger partial charge in [0.05, 0.1) is 19.6 Å². The largest absolute Gasteiger partial charge is 0.370 e. The van der Waals surface area contributed by atoms with Gasteiger partial charge in [0.15, 0.2) is 5.96 Å². The highest BCUT2D eigenvalue weighted by Crippen LogP contribution is 2.21. The van der Waals surface area contributed by atoms with Crippen LogP contribution in [0.15, 0.2) is 4.99 Å². The number of likely N-dealkylation sites (N-methyl/N-ethyl adjacent to an activating group) is 1. The number of primary amides is 1. The Kier molecular flexibility index (Phi) is 22.2. The molecule has 1 saturated heterocycles. The molecule has 0 aromatic heterocycles. The molecule has 20 heteroatoms. The number of amides is 8. The highest BCUT2D eigenvalue weighted by molar-refractivity contribution is 7.99. The summed E-state index contributed by atoms with van der Waals surface area (Å²) in [5.74, 6) is -3.25. The minimum atomic E-state index is -1.06. The lowest BCUT2D eigenvalue weighted by molar-refractivity contribution is -0.142. The number of carbonyl (C=O) groups is 8. The highest BCUT2D eigenvalue weighted by Gasteiger charge is 2.39. The SMILES string of the molecule is CCN(CC)C(=O)[C@@H](CCCN=C(N)N)NC(=O)C1CCCN1C(=O)[C@H](CSCCCC(=O)NCC(=O)NCC(N)=O)NC(=O)CNC(=O)CC(C)C. The smallest absolute Gasteiger partial charge is 0.246 e. The third-order valence-electron chi connectivity index (χ3n) is 8.03. The quantitative estimate of drug-likeness (QED) is 0.0268. The van der Waals surface area contributed by atoms with E-state index < -0.39 is 53.6 Å². The van der Waals surface area contributed by atoms with E-state index in [1.165, 1.54) is 16.7 Å². The zero-order valence-electron chi connectivity index (χ0n) is 31.4. The monoisotopic (exact) mass is 769 g/mol. The fraction of sp³-hybridized carbons (Fsp3) is 0.727. The van der Waals surface area contributed by atoms with Gasteiger partial charge in [0, 0.05) is 44.8 Å². The summed E-state index contributed by atoms with van der Waals surface area (Å²) in [5.41, 5.74) is 15.8. The molecule has 0 aromatic carbocycles. The van der Waals surface area contributed by atoms with Gasteiger partial charge in [-0.25, -0.2) is 0 Å². The van der Waals surface area contributed by atoms with Crippen LogP contribution in [0.4, 0.5) is 0 Å². The van der Waals surface area contributed by atoms with E-state index in [0.29, 0.717) is 44.5 Å². The average Bonchev–Trinajstić information content (AvgIpc) is 3.59.